The molecule has 0 spiro atoms. The molecule has 2 aliphatic rings. The second-order valence-corrected chi connectivity index (χ2v) is 7.13. The van der Waals surface area contributed by atoms with Gasteiger partial charge in [0, 0.05) is 12.5 Å². The zero-order chi connectivity index (χ0) is 16.4. The van der Waals surface area contributed by atoms with Crippen molar-refractivity contribution in [2.45, 2.75) is 56.9 Å². The molecule has 1 aliphatic carbocycles. The molecule has 1 unspecified atom stereocenters. The van der Waals surface area contributed by atoms with Gasteiger partial charge in [-0.1, -0.05) is 30.3 Å². The van der Waals surface area contributed by atoms with Crippen LogP contribution in [0.3, 0.4) is 0 Å². The minimum Gasteiger partial charge on any atom is -0.480 e. The van der Waals surface area contributed by atoms with Gasteiger partial charge in [0.15, 0.2) is 0 Å². The number of hydrogen-bond donors (Lipinski definition) is 1. The zero-order valence-electron chi connectivity index (χ0n) is 13.7. The maximum absolute atomic E-state index is 12.8. The first-order valence-corrected chi connectivity index (χ1v) is 8.62. The van der Waals surface area contributed by atoms with Crippen molar-refractivity contribution in [3.05, 3.63) is 35.9 Å². The molecule has 4 heteroatoms. The second-order valence-electron chi connectivity index (χ2n) is 7.13. The second kappa shape index (κ2) is 6.34. The van der Waals surface area contributed by atoms with Crippen molar-refractivity contribution in [1.82, 2.24) is 4.90 Å². The summed E-state index contributed by atoms with van der Waals surface area (Å²) >= 11 is 0. The fraction of sp³-hybridized carbons (Fsp3) is 0.579. The Morgan fingerprint density at radius 1 is 1.13 bits per heavy atom. The smallest absolute Gasteiger partial charge is 0.329 e. The highest BCUT2D eigenvalue weighted by Crippen LogP contribution is 2.39. The Hall–Kier alpha value is -1.84. The van der Waals surface area contributed by atoms with E-state index in [2.05, 4.69) is 24.3 Å². The number of rotatable bonds is 3. The van der Waals surface area contributed by atoms with Crippen LogP contribution < -0.4 is 0 Å². The molecule has 3 rings (SSSR count). The van der Waals surface area contributed by atoms with Crippen LogP contribution in [0.2, 0.25) is 0 Å². The van der Waals surface area contributed by atoms with Gasteiger partial charge in [-0.25, -0.2) is 4.79 Å². The fourth-order valence-electron chi connectivity index (χ4n) is 4.16. The molecule has 1 N–H and O–H groups in total. The van der Waals surface area contributed by atoms with E-state index in [4.69, 9.17) is 0 Å². The average molecular weight is 315 g/mol. The van der Waals surface area contributed by atoms with Crippen LogP contribution in [-0.2, 0) is 9.59 Å². The molecule has 2 fully saturated rings. The number of carboxylic acids is 1. The zero-order valence-corrected chi connectivity index (χ0v) is 13.7. The van der Waals surface area contributed by atoms with Crippen molar-refractivity contribution in [2.75, 3.05) is 6.54 Å². The summed E-state index contributed by atoms with van der Waals surface area (Å²) in [7, 11) is 0. The molecule has 0 bridgehead atoms. The maximum atomic E-state index is 12.8. The molecule has 1 heterocycles. The lowest BCUT2D eigenvalue weighted by Gasteiger charge is -2.36. The SMILES string of the molecule is CC1(C(=O)O)CCCN1C(=O)C1CCC(c2ccccc2)CC1. The van der Waals surface area contributed by atoms with Gasteiger partial charge in [0.05, 0.1) is 0 Å². The Morgan fingerprint density at radius 3 is 2.39 bits per heavy atom. The predicted octanol–water partition coefficient (Wildman–Crippen LogP) is 3.43. The average Bonchev–Trinajstić information content (AvgIpc) is 2.98. The summed E-state index contributed by atoms with van der Waals surface area (Å²) in [5.74, 6) is -0.295. The third kappa shape index (κ3) is 2.99. The van der Waals surface area contributed by atoms with Crippen LogP contribution in [0.1, 0.15) is 56.9 Å². The Morgan fingerprint density at radius 2 is 1.78 bits per heavy atom. The third-order valence-electron chi connectivity index (χ3n) is 5.72. The van der Waals surface area contributed by atoms with E-state index in [1.54, 1.807) is 11.8 Å². The molecule has 0 radical (unpaired) electrons. The molecule has 1 amide bonds. The van der Waals surface area contributed by atoms with Gasteiger partial charge in [0.2, 0.25) is 5.91 Å². The van der Waals surface area contributed by atoms with E-state index >= 15 is 0 Å². The number of aliphatic carboxylic acids is 1. The van der Waals surface area contributed by atoms with Gasteiger partial charge in [0.1, 0.15) is 5.54 Å². The third-order valence-corrected chi connectivity index (χ3v) is 5.72. The number of likely N-dealkylation sites (tertiary alicyclic amines) is 1. The van der Waals surface area contributed by atoms with Gasteiger partial charge in [-0.15, -0.1) is 0 Å². The van der Waals surface area contributed by atoms with E-state index in [1.165, 1.54) is 5.56 Å². The summed E-state index contributed by atoms with van der Waals surface area (Å²) in [6.07, 6.45) is 5.10. The van der Waals surface area contributed by atoms with Gasteiger partial charge in [-0.3, -0.25) is 4.79 Å². The normalized spacial score (nSPS) is 31.1. The maximum Gasteiger partial charge on any atom is 0.329 e. The van der Waals surface area contributed by atoms with Crippen LogP contribution in [0.15, 0.2) is 30.3 Å². The number of benzene rings is 1. The molecular weight excluding hydrogens is 290 g/mol. The highest BCUT2D eigenvalue weighted by atomic mass is 16.4. The number of nitrogens with zero attached hydrogens (tertiary/aromatic N) is 1. The Balaban J connectivity index is 1.64. The van der Waals surface area contributed by atoms with E-state index in [-0.39, 0.29) is 11.8 Å². The minimum absolute atomic E-state index is 0.00765. The molecule has 1 aromatic carbocycles. The summed E-state index contributed by atoms with van der Waals surface area (Å²) in [5.41, 5.74) is 0.350. The van der Waals surface area contributed by atoms with Crippen molar-refractivity contribution in [2.24, 2.45) is 5.92 Å². The highest BCUT2D eigenvalue weighted by molar-refractivity contribution is 5.88. The van der Waals surface area contributed by atoms with E-state index in [1.807, 2.05) is 6.07 Å². The lowest BCUT2D eigenvalue weighted by Crippen LogP contribution is -2.52. The monoisotopic (exact) mass is 315 g/mol. The number of carboxylic acid groups (broad SMARTS) is 1. The van der Waals surface area contributed by atoms with Gasteiger partial charge in [-0.05, 0) is 56.9 Å². The first kappa shape index (κ1) is 16.0. The molecule has 4 nitrogen and oxygen atoms in total. The van der Waals surface area contributed by atoms with E-state index in [0.29, 0.717) is 18.9 Å². The molecule has 1 saturated carbocycles. The lowest BCUT2D eigenvalue weighted by atomic mass is 9.78. The quantitative estimate of drug-likeness (QED) is 0.929. The summed E-state index contributed by atoms with van der Waals surface area (Å²) in [6.45, 7) is 2.27. The predicted molar refractivity (Wildman–Crippen MR) is 88.1 cm³/mol. The number of hydrogen-bond acceptors (Lipinski definition) is 2. The Bertz CT molecular complexity index is 578. The molecule has 1 aromatic rings. The van der Waals surface area contributed by atoms with E-state index in [9.17, 15) is 14.7 Å². The summed E-state index contributed by atoms with van der Waals surface area (Å²) in [4.78, 5) is 26.0. The van der Waals surface area contributed by atoms with Crippen molar-refractivity contribution < 1.29 is 14.7 Å². The summed E-state index contributed by atoms with van der Waals surface area (Å²) in [6, 6.07) is 10.5. The first-order valence-electron chi connectivity index (χ1n) is 8.62. The first-order chi connectivity index (χ1) is 11.0. The highest BCUT2D eigenvalue weighted by Gasteiger charge is 2.47. The van der Waals surface area contributed by atoms with Gasteiger partial charge >= 0.3 is 5.97 Å². The molecule has 1 atom stereocenters. The van der Waals surface area contributed by atoms with Crippen molar-refractivity contribution in [3.63, 3.8) is 0 Å². The van der Waals surface area contributed by atoms with Crippen molar-refractivity contribution in [3.8, 4) is 0 Å². The van der Waals surface area contributed by atoms with E-state index < -0.39 is 11.5 Å². The summed E-state index contributed by atoms with van der Waals surface area (Å²) in [5, 5.41) is 9.49. The standard InChI is InChI=1S/C19H25NO3/c1-19(18(22)23)12-5-13-20(19)17(21)16-10-8-15(9-11-16)14-6-3-2-4-7-14/h2-4,6-7,15-16H,5,8-13H2,1H3,(H,22,23). The lowest BCUT2D eigenvalue weighted by molar-refractivity contribution is -0.157. The molecule has 124 valence electrons. The van der Waals surface area contributed by atoms with Gasteiger partial charge in [-0.2, -0.15) is 0 Å². The van der Waals surface area contributed by atoms with Crippen molar-refractivity contribution >= 4 is 11.9 Å². The van der Waals surface area contributed by atoms with Gasteiger partial charge < -0.3 is 10.0 Å². The number of amides is 1. The molecule has 1 aliphatic heterocycles. The molecule has 1 saturated heterocycles. The Kier molecular flexibility index (Phi) is 4.42. The largest absolute Gasteiger partial charge is 0.480 e. The topological polar surface area (TPSA) is 57.6 Å². The van der Waals surface area contributed by atoms with Crippen LogP contribution >= 0.6 is 0 Å². The number of carbonyl (C=O) groups is 2. The number of carbonyl (C=O) groups excluding carboxylic acids is 1. The van der Waals surface area contributed by atoms with Gasteiger partial charge in [0.25, 0.3) is 0 Å². The molecule has 0 aromatic heterocycles. The molecule has 23 heavy (non-hydrogen) atoms. The van der Waals surface area contributed by atoms with Crippen LogP contribution in [0.25, 0.3) is 0 Å². The van der Waals surface area contributed by atoms with Crippen LogP contribution in [-0.4, -0.2) is 34.0 Å². The minimum atomic E-state index is -1.01. The molecular formula is C19H25NO3. The van der Waals surface area contributed by atoms with Crippen LogP contribution in [0.5, 0.6) is 0 Å². The van der Waals surface area contributed by atoms with Crippen LogP contribution in [0, 0.1) is 5.92 Å². The fourth-order valence-corrected chi connectivity index (χ4v) is 4.16. The van der Waals surface area contributed by atoms with E-state index in [0.717, 1.165) is 32.1 Å². The Labute approximate surface area is 137 Å². The van der Waals surface area contributed by atoms with Crippen LogP contribution in [0.4, 0.5) is 0 Å². The summed E-state index contributed by atoms with van der Waals surface area (Å²) < 4.78 is 0. The van der Waals surface area contributed by atoms with Crippen molar-refractivity contribution in [1.29, 1.82) is 0 Å².